The number of hydrogen-bond acceptors (Lipinski definition) is 5. The van der Waals surface area contributed by atoms with Gasteiger partial charge in [0.2, 0.25) is 0 Å². The van der Waals surface area contributed by atoms with Crippen LogP contribution in [0.4, 0.5) is 17.6 Å². The van der Waals surface area contributed by atoms with E-state index in [1.165, 1.54) is 0 Å². The lowest BCUT2D eigenvalue weighted by Crippen LogP contribution is -2.47. The first-order valence-electron chi connectivity index (χ1n) is 9.50. The zero-order valence-corrected chi connectivity index (χ0v) is 18.6. The summed E-state index contributed by atoms with van der Waals surface area (Å²) in [6.45, 7) is 10.1. The average Bonchev–Trinajstić information content (AvgIpc) is 2.58. The molecular formula is C20H27F4O5S-. The maximum atomic E-state index is 13.6. The second-order valence-corrected chi connectivity index (χ2v) is 9.52. The van der Waals surface area contributed by atoms with Crippen molar-refractivity contribution in [2.75, 3.05) is 6.61 Å². The van der Waals surface area contributed by atoms with E-state index in [1.807, 2.05) is 53.7 Å². The molecule has 10 heteroatoms. The van der Waals surface area contributed by atoms with Crippen molar-refractivity contribution in [1.82, 2.24) is 0 Å². The van der Waals surface area contributed by atoms with Crippen LogP contribution in [-0.4, -0.2) is 36.7 Å². The van der Waals surface area contributed by atoms with Crippen LogP contribution in [0.25, 0.3) is 0 Å². The monoisotopic (exact) mass is 455 g/mol. The highest BCUT2D eigenvalue weighted by atomic mass is 32.2. The SMILES string of the molecule is CC(C)c1cc(C(C)C)c(C(=O)OCCC(F)(F)C(F)(F)S(=O)(=O)[O-])c(C(C)C)c1. The van der Waals surface area contributed by atoms with Crippen molar-refractivity contribution in [3.05, 3.63) is 34.4 Å². The minimum Gasteiger partial charge on any atom is -0.743 e. The van der Waals surface area contributed by atoms with Gasteiger partial charge in [0.25, 0.3) is 0 Å². The topological polar surface area (TPSA) is 83.5 Å². The number of esters is 1. The molecule has 0 saturated heterocycles. The molecule has 0 amide bonds. The number of alkyl halides is 4. The largest absolute Gasteiger partial charge is 0.743 e. The normalized spacial score (nSPS) is 13.4. The zero-order valence-electron chi connectivity index (χ0n) is 17.8. The molecule has 1 aromatic carbocycles. The van der Waals surface area contributed by atoms with E-state index >= 15 is 0 Å². The molecule has 0 aliphatic rings. The summed E-state index contributed by atoms with van der Waals surface area (Å²) in [5.41, 5.74) is 2.42. The predicted molar refractivity (Wildman–Crippen MR) is 103 cm³/mol. The minimum absolute atomic E-state index is 0.111. The first kappa shape index (κ1) is 26.4. The van der Waals surface area contributed by atoms with E-state index < -0.39 is 40.3 Å². The lowest BCUT2D eigenvalue weighted by atomic mass is 9.84. The van der Waals surface area contributed by atoms with Gasteiger partial charge in [0.1, 0.15) is 0 Å². The Kier molecular flexibility index (Phi) is 8.10. The molecule has 0 radical (unpaired) electrons. The average molecular weight is 455 g/mol. The molecule has 0 saturated carbocycles. The van der Waals surface area contributed by atoms with Crippen LogP contribution in [-0.2, 0) is 14.9 Å². The third-order valence-corrected chi connectivity index (χ3v) is 5.65. The van der Waals surface area contributed by atoms with Gasteiger partial charge in [-0.1, -0.05) is 53.7 Å². The zero-order chi connectivity index (χ0) is 23.7. The van der Waals surface area contributed by atoms with Gasteiger partial charge >= 0.3 is 17.1 Å². The van der Waals surface area contributed by atoms with E-state index in [0.717, 1.165) is 5.56 Å². The molecule has 1 aromatic rings. The lowest BCUT2D eigenvalue weighted by Gasteiger charge is -2.28. The molecule has 0 atom stereocenters. The maximum absolute atomic E-state index is 13.6. The molecule has 172 valence electrons. The number of ether oxygens (including phenoxy) is 1. The molecule has 0 spiro atoms. The molecule has 1 rings (SSSR count). The number of hydrogen-bond donors (Lipinski definition) is 0. The second-order valence-electron chi connectivity index (χ2n) is 8.10. The smallest absolute Gasteiger partial charge is 0.396 e. The van der Waals surface area contributed by atoms with Crippen molar-refractivity contribution in [2.45, 2.75) is 76.9 Å². The molecule has 30 heavy (non-hydrogen) atoms. The first-order valence-corrected chi connectivity index (χ1v) is 10.9. The summed E-state index contributed by atoms with van der Waals surface area (Å²) in [5.74, 6) is -6.21. The Labute approximate surface area is 174 Å². The summed E-state index contributed by atoms with van der Waals surface area (Å²) in [4.78, 5) is 12.7. The van der Waals surface area contributed by atoms with Crippen LogP contribution >= 0.6 is 0 Å². The molecule has 0 bridgehead atoms. The van der Waals surface area contributed by atoms with E-state index in [-0.39, 0.29) is 23.3 Å². The van der Waals surface area contributed by atoms with Crippen molar-refractivity contribution >= 4 is 16.1 Å². The third kappa shape index (κ3) is 5.51. The van der Waals surface area contributed by atoms with Crippen molar-refractivity contribution in [2.24, 2.45) is 0 Å². The number of rotatable bonds is 9. The highest BCUT2D eigenvalue weighted by molar-refractivity contribution is 7.86. The Bertz CT molecular complexity index is 848. The molecule has 0 heterocycles. The predicted octanol–water partition coefficient (Wildman–Crippen LogP) is 5.38. The van der Waals surface area contributed by atoms with Gasteiger partial charge in [-0.3, -0.25) is 0 Å². The summed E-state index contributed by atoms with van der Waals surface area (Å²) in [6.07, 6.45) is -1.81. The Balaban J connectivity index is 3.21. The molecule has 0 aliphatic carbocycles. The van der Waals surface area contributed by atoms with Gasteiger partial charge in [-0.25, -0.2) is 13.2 Å². The van der Waals surface area contributed by atoms with E-state index in [9.17, 15) is 35.3 Å². The van der Waals surface area contributed by atoms with Gasteiger partial charge in [-0.05, 0) is 34.4 Å². The van der Waals surface area contributed by atoms with Crippen LogP contribution in [0.15, 0.2) is 12.1 Å². The summed E-state index contributed by atoms with van der Waals surface area (Å²) in [5, 5.41) is -5.81. The highest BCUT2D eigenvalue weighted by Crippen LogP contribution is 2.40. The van der Waals surface area contributed by atoms with Crippen molar-refractivity contribution in [3.63, 3.8) is 0 Å². The van der Waals surface area contributed by atoms with E-state index in [4.69, 9.17) is 4.74 Å². The number of carbonyl (C=O) groups is 1. The third-order valence-electron chi connectivity index (χ3n) is 4.73. The van der Waals surface area contributed by atoms with Crippen molar-refractivity contribution in [3.8, 4) is 0 Å². The van der Waals surface area contributed by atoms with Crippen LogP contribution in [0.2, 0.25) is 0 Å². The van der Waals surface area contributed by atoms with Gasteiger partial charge < -0.3 is 9.29 Å². The lowest BCUT2D eigenvalue weighted by molar-refractivity contribution is -0.168. The Morgan fingerprint density at radius 3 is 1.73 bits per heavy atom. The van der Waals surface area contributed by atoms with Gasteiger partial charge in [0.15, 0.2) is 10.1 Å². The molecule has 0 aliphatic heterocycles. The number of halogens is 4. The van der Waals surface area contributed by atoms with Crippen molar-refractivity contribution in [1.29, 1.82) is 0 Å². The minimum atomic E-state index is -6.59. The van der Waals surface area contributed by atoms with E-state index in [2.05, 4.69) is 0 Å². The summed E-state index contributed by atoms with van der Waals surface area (Å²) >= 11 is 0. The maximum Gasteiger partial charge on any atom is 0.396 e. The Morgan fingerprint density at radius 2 is 1.40 bits per heavy atom. The standard InChI is InChI=1S/C20H28F4O5S/c1-11(2)14-9-15(12(3)4)17(16(10-14)13(5)6)18(25)29-8-7-19(21,22)20(23,24)30(26,27)28/h9-13H,7-8H2,1-6H3,(H,26,27,28)/p-1. The van der Waals surface area contributed by atoms with Crippen LogP contribution < -0.4 is 0 Å². The van der Waals surface area contributed by atoms with Crippen LogP contribution in [0.3, 0.4) is 0 Å². The van der Waals surface area contributed by atoms with Crippen LogP contribution in [0, 0.1) is 0 Å². The van der Waals surface area contributed by atoms with Gasteiger partial charge in [0, 0.05) is 0 Å². The molecule has 0 fully saturated rings. The molecule has 0 N–H and O–H groups in total. The van der Waals surface area contributed by atoms with Gasteiger partial charge in [-0.15, -0.1) is 0 Å². The first-order chi connectivity index (χ1) is 13.4. The van der Waals surface area contributed by atoms with Crippen molar-refractivity contribution < 1.29 is 40.1 Å². The fourth-order valence-corrected chi connectivity index (χ4v) is 3.33. The van der Waals surface area contributed by atoms with Gasteiger partial charge in [-0.2, -0.15) is 17.6 Å². The molecular weight excluding hydrogens is 428 g/mol. The Morgan fingerprint density at radius 1 is 0.967 bits per heavy atom. The fourth-order valence-electron chi connectivity index (χ4n) is 2.86. The molecule has 0 aromatic heterocycles. The van der Waals surface area contributed by atoms with E-state index in [1.54, 1.807) is 0 Å². The van der Waals surface area contributed by atoms with Crippen LogP contribution in [0.1, 0.15) is 92.8 Å². The quantitative estimate of drug-likeness (QED) is 0.284. The highest BCUT2D eigenvalue weighted by Gasteiger charge is 2.61. The summed E-state index contributed by atoms with van der Waals surface area (Å²) in [7, 11) is -6.59. The van der Waals surface area contributed by atoms with Gasteiger partial charge in [0.05, 0.1) is 18.6 Å². The fraction of sp³-hybridized carbons (Fsp3) is 0.650. The Hall–Kier alpha value is -1.68. The summed E-state index contributed by atoms with van der Waals surface area (Å²) in [6, 6.07) is 3.65. The van der Waals surface area contributed by atoms with E-state index in [0.29, 0.717) is 11.1 Å². The number of benzene rings is 1. The summed E-state index contributed by atoms with van der Waals surface area (Å²) < 4.78 is 89.8. The second kappa shape index (κ2) is 9.21. The van der Waals surface area contributed by atoms with Crippen LogP contribution in [0.5, 0.6) is 0 Å². The number of carbonyl (C=O) groups excluding carboxylic acids is 1. The molecule has 0 unspecified atom stereocenters. The molecule has 5 nitrogen and oxygen atoms in total.